The van der Waals surface area contributed by atoms with Crippen molar-refractivity contribution in [3.8, 4) is 0 Å². The number of ketones is 1. The van der Waals surface area contributed by atoms with Gasteiger partial charge in [-0.15, -0.1) is 0 Å². The van der Waals surface area contributed by atoms with Gasteiger partial charge in [0, 0.05) is 12.1 Å². The second-order valence-corrected chi connectivity index (χ2v) is 6.29. The number of hydrogen-bond acceptors (Lipinski definition) is 4. The molecule has 0 unspecified atom stereocenters. The fourth-order valence-electron chi connectivity index (χ4n) is 1.82. The van der Waals surface area contributed by atoms with Crippen molar-refractivity contribution in [1.82, 2.24) is 5.32 Å². The number of anilines is 1. The van der Waals surface area contributed by atoms with Crippen LogP contribution < -0.4 is 10.6 Å². The number of para-hydroxylation sites is 1. The Morgan fingerprint density at radius 1 is 1.13 bits per heavy atom. The van der Waals surface area contributed by atoms with E-state index in [0.717, 1.165) is 0 Å². The van der Waals surface area contributed by atoms with E-state index >= 15 is 0 Å². The molecular weight excluding hydrogens is 296 g/mol. The Hall–Kier alpha value is -2.37. The van der Waals surface area contributed by atoms with Crippen LogP contribution >= 0.6 is 0 Å². The summed E-state index contributed by atoms with van der Waals surface area (Å²) in [5, 5.41) is 5.24. The fourth-order valence-corrected chi connectivity index (χ4v) is 1.82. The molecule has 0 saturated heterocycles. The highest BCUT2D eigenvalue weighted by atomic mass is 16.6. The number of carbonyl (C=O) groups is 3. The van der Waals surface area contributed by atoms with Crippen molar-refractivity contribution in [3.63, 3.8) is 0 Å². The Kier molecular flexibility index (Phi) is 6.75. The molecule has 0 aromatic heterocycles. The van der Waals surface area contributed by atoms with Crippen LogP contribution in [-0.2, 0) is 14.3 Å². The van der Waals surface area contributed by atoms with Gasteiger partial charge in [-0.2, -0.15) is 0 Å². The first-order chi connectivity index (χ1) is 10.7. The first-order valence-corrected chi connectivity index (χ1v) is 7.52. The molecule has 0 aliphatic rings. The van der Waals surface area contributed by atoms with Gasteiger partial charge in [0.2, 0.25) is 5.91 Å². The number of Topliss-reactive ketones (excluding diaryl/α,β-unsaturated/α-hetero) is 1. The molecule has 0 saturated carbocycles. The molecule has 0 aliphatic carbocycles. The van der Waals surface area contributed by atoms with Crippen LogP contribution in [0.3, 0.4) is 0 Å². The van der Waals surface area contributed by atoms with Crippen LogP contribution in [-0.4, -0.2) is 29.4 Å². The van der Waals surface area contributed by atoms with Crippen molar-refractivity contribution in [2.75, 3.05) is 5.32 Å². The van der Waals surface area contributed by atoms with Crippen LogP contribution in [0.4, 0.5) is 10.5 Å². The third-order valence-electron chi connectivity index (χ3n) is 2.83. The average Bonchev–Trinajstić information content (AvgIpc) is 2.42. The van der Waals surface area contributed by atoms with Gasteiger partial charge in [-0.3, -0.25) is 4.79 Å². The lowest BCUT2D eigenvalue weighted by Crippen LogP contribution is -2.46. The molecule has 0 bridgehead atoms. The van der Waals surface area contributed by atoms with E-state index in [1.807, 2.05) is 6.07 Å². The number of rotatable bonds is 6. The van der Waals surface area contributed by atoms with Crippen molar-refractivity contribution < 1.29 is 19.1 Å². The summed E-state index contributed by atoms with van der Waals surface area (Å²) in [6.07, 6.45) is -0.273. The van der Waals surface area contributed by atoms with Gasteiger partial charge < -0.3 is 20.2 Å². The Labute approximate surface area is 136 Å². The van der Waals surface area contributed by atoms with Gasteiger partial charge in [0.05, 0.1) is 0 Å². The van der Waals surface area contributed by atoms with E-state index in [9.17, 15) is 14.4 Å². The Morgan fingerprint density at radius 2 is 1.74 bits per heavy atom. The predicted molar refractivity (Wildman–Crippen MR) is 88.1 cm³/mol. The molecule has 2 amide bonds. The molecule has 2 N–H and O–H groups in total. The smallest absolute Gasteiger partial charge is 0.408 e. The molecule has 0 heterocycles. The monoisotopic (exact) mass is 320 g/mol. The number of carbonyl (C=O) groups excluding carboxylic acids is 3. The zero-order valence-electron chi connectivity index (χ0n) is 14.0. The number of ether oxygens (including phenoxy) is 1. The Bertz CT molecular complexity index is 549. The number of hydrogen-bond donors (Lipinski definition) is 2. The van der Waals surface area contributed by atoms with Gasteiger partial charge >= 0.3 is 6.09 Å². The maximum Gasteiger partial charge on any atom is 0.408 e. The zero-order valence-corrected chi connectivity index (χ0v) is 14.0. The minimum Gasteiger partial charge on any atom is -0.444 e. The molecule has 0 radical (unpaired) electrons. The van der Waals surface area contributed by atoms with Gasteiger partial charge in [-0.05, 0) is 46.2 Å². The van der Waals surface area contributed by atoms with Crippen LogP contribution in [0.5, 0.6) is 0 Å². The van der Waals surface area contributed by atoms with Gasteiger partial charge in [0.1, 0.15) is 17.4 Å². The maximum absolute atomic E-state index is 12.3. The summed E-state index contributed by atoms with van der Waals surface area (Å²) >= 11 is 0. The molecule has 1 atom stereocenters. The molecule has 6 nitrogen and oxygen atoms in total. The van der Waals surface area contributed by atoms with Crippen LogP contribution in [0.2, 0.25) is 0 Å². The lowest BCUT2D eigenvalue weighted by atomic mass is 10.1. The summed E-state index contributed by atoms with van der Waals surface area (Å²) < 4.78 is 5.16. The van der Waals surface area contributed by atoms with Crippen molar-refractivity contribution >= 4 is 23.5 Å². The largest absolute Gasteiger partial charge is 0.444 e. The number of amides is 2. The van der Waals surface area contributed by atoms with Crippen molar-refractivity contribution in [1.29, 1.82) is 0 Å². The van der Waals surface area contributed by atoms with E-state index in [0.29, 0.717) is 5.69 Å². The highest BCUT2D eigenvalue weighted by Gasteiger charge is 2.24. The van der Waals surface area contributed by atoms with E-state index in [-0.39, 0.29) is 24.5 Å². The number of alkyl carbamates (subject to hydrolysis) is 1. The predicted octanol–water partition coefficient (Wildman–Crippen LogP) is 2.89. The van der Waals surface area contributed by atoms with Crippen LogP contribution in [0.1, 0.15) is 40.5 Å². The van der Waals surface area contributed by atoms with Crippen molar-refractivity contribution in [2.24, 2.45) is 0 Å². The molecule has 6 heteroatoms. The van der Waals surface area contributed by atoms with Gasteiger partial charge in [0.25, 0.3) is 0 Å². The molecular formula is C17H24N2O4. The van der Waals surface area contributed by atoms with Crippen LogP contribution in [0, 0.1) is 0 Å². The summed E-state index contributed by atoms with van der Waals surface area (Å²) in [6.45, 7) is 6.66. The minimum absolute atomic E-state index is 0.0477. The summed E-state index contributed by atoms with van der Waals surface area (Å²) in [5.41, 5.74) is -0.0400. The van der Waals surface area contributed by atoms with E-state index in [1.54, 1.807) is 45.0 Å². The summed E-state index contributed by atoms with van der Waals surface area (Å²) in [4.78, 5) is 35.4. The Morgan fingerprint density at radius 3 is 2.26 bits per heavy atom. The first kappa shape index (κ1) is 18.7. The maximum atomic E-state index is 12.3. The average molecular weight is 320 g/mol. The first-order valence-electron chi connectivity index (χ1n) is 7.52. The number of benzene rings is 1. The molecule has 0 aliphatic heterocycles. The standard InChI is InChI=1S/C17H24N2O4/c1-12(20)10-11-14(19-16(22)23-17(2,3)4)15(21)18-13-8-6-5-7-9-13/h5-9,14H,10-11H2,1-4H3,(H,18,21)(H,19,22)/t14-/m0/s1. The van der Waals surface area contributed by atoms with Gasteiger partial charge in [0.15, 0.2) is 0 Å². The van der Waals surface area contributed by atoms with E-state index in [4.69, 9.17) is 4.74 Å². The van der Waals surface area contributed by atoms with Gasteiger partial charge in [-0.1, -0.05) is 18.2 Å². The van der Waals surface area contributed by atoms with Crippen molar-refractivity contribution in [2.45, 2.75) is 52.2 Å². The third-order valence-corrected chi connectivity index (χ3v) is 2.83. The molecule has 1 aromatic rings. The summed E-state index contributed by atoms with van der Waals surface area (Å²) in [6, 6.07) is 8.07. The quantitative estimate of drug-likeness (QED) is 0.844. The SMILES string of the molecule is CC(=O)CC[C@H](NC(=O)OC(C)(C)C)C(=O)Nc1ccccc1. The lowest BCUT2D eigenvalue weighted by Gasteiger charge is -2.23. The highest BCUT2D eigenvalue weighted by Crippen LogP contribution is 2.10. The molecule has 1 rings (SSSR count). The van der Waals surface area contributed by atoms with Crippen molar-refractivity contribution in [3.05, 3.63) is 30.3 Å². The fraction of sp³-hybridized carbons (Fsp3) is 0.471. The minimum atomic E-state index is -0.839. The Balaban J connectivity index is 2.72. The lowest BCUT2D eigenvalue weighted by molar-refractivity contribution is -0.119. The normalized spacial score (nSPS) is 12.2. The second kappa shape index (κ2) is 8.31. The molecule has 1 aromatic carbocycles. The molecule has 23 heavy (non-hydrogen) atoms. The summed E-state index contributed by atoms with van der Waals surface area (Å²) in [5.74, 6) is -0.434. The van der Waals surface area contributed by atoms with Gasteiger partial charge in [-0.25, -0.2) is 4.79 Å². The highest BCUT2D eigenvalue weighted by molar-refractivity contribution is 5.96. The van der Waals surface area contributed by atoms with E-state index < -0.39 is 17.7 Å². The van der Waals surface area contributed by atoms with Crippen LogP contribution in [0.25, 0.3) is 0 Å². The topological polar surface area (TPSA) is 84.5 Å². The molecule has 126 valence electrons. The zero-order chi connectivity index (χ0) is 17.5. The molecule has 0 fully saturated rings. The van der Waals surface area contributed by atoms with E-state index in [1.165, 1.54) is 6.92 Å². The number of nitrogens with one attached hydrogen (secondary N) is 2. The third kappa shape index (κ3) is 7.99. The summed E-state index contributed by atoms with van der Waals surface area (Å²) in [7, 11) is 0. The van der Waals surface area contributed by atoms with Crippen LogP contribution in [0.15, 0.2) is 30.3 Å². The second-order valence-electron chi connectivity index (χ2n) is 6.29. The van der Waals surface area contributed by atoms with E-state index in [2.05, 4.69) is 10.6 Å². The molecule has 0 spiro atoms.